The highest BCUT2D eigenvalue weighted by Crippen LogP contribution is 2.36. The van der Waals surface area contributed by atoms with Crippen molar-refractivity contribution in [2.75, 3.05) is 27.3 Å². The first-order valence-electron chi connectivity index (χ1n) is 10.1. The first kappa shape index (κ1) is 19.7. The van der Waals surface area contributed by atoms with E-state index in [4.69, 9.17) is 14.5 Å². The van der Waals surface area contributed by atoms with Crippen LogP contribution in [-0.4, -0.2) is 48.4 Å². The van der Waals surface area contributed by atoms with Crippen molar-refractivity contribution in [3.8, 4) is 22.8 Å². The Bertz CT molecular complexity index is 1020. The zero-order valence-electron chi connectivity index (χ0n) is 17.3. The molecule has 2 aromatic carbocycles. The summed E-state index contributed by atoms with van der Waals surface area (Å²) >= 11 is 0. The average Bonchev–Trinajstić information content (AvgIpc) is 2.72. The molecule has 5 heteroatoms. The minimum atomic E-state index is -0.255. The van der Waals surface area contributed by atoms with Crippen LogP contribution >= 0.6 is 0 Å². The quantitative estimate of drug-likeness (QED) is 0.706. The van der Waals surface area contributed by atoms with Crippen LogP contribution in [0, 0.1) is 6.92 Å². The lowest BCUT2D eigenvalue weighted by atomic mass is 9.99. The predicted molar refractivity (Wildman–Crippen MR) is 116 cm³/mol. The molecule has 0 radical (unpaired) electrons. The Labute approximate surface area is 171 Å². The van der Waals surface area contributed by atoms with Crippen LogP contribution in [0.15, 0.2) is 42.5 Å². The molecule has 1 fully saturated rings. The second-order valence-corrected chi connectivity index (χ2v) is 7.76. The van der Waals surface area contributed by atoms with Crippen LogP contribution in [0.3, 0.4) is 0 Å². The molecule has 0 bridgehead atoms. The molecule has 0 spiro atoms. The van der Waals surface area contributed by atoms with E-state index in [1.54, 1.807) is 14.2 Å². The van der Waals surface area contributed by atoms with Gasteiger partial charge in [-0.05, 0) is 56.1 Å². The highest BCUT2D eigenvalue weighted by molar-refractivity contribution is 5.93. The molecule has 152 valence electrons. The number of fused-ring (bicyclic) bond motifs is 1. The number of ether oxygens (including phenoxy) is 2. The largest absolute Gasteiger partial charge is 0.496 e. The number of nitrogens with zero attached hydrogens (tertiary/aromatic N) is 2. The Balaban J connectivity index is 1.89. The molecule has 1 N–H and O–H groups in total. The van der Waals surface area contributed by atoms with Crippen molar-refractivity contribution in [3.05, 3.63) is 53.6 Å². The van der Waals surface area contributed by atoms with Crippen LogP contribution in [0.5, 0.6) is 11.5 Å². The van der Waals surface area contributed by atoms with Crippen LogP contribution in [0.2, 0.25) is 0 Å². The molecule has 0 amide bonds. The summed E-state index contributed by atoms with van der Waals surface area (Å²) in [5.74, 6) is 1.51. The number of methoxy groups -OCH3 is 2. The second kappa shape index (κ2) is 8.39. The van der Waals surface area contributed by atoms with Gasteiger partial charge in [-0.25, -0.2) is 4.98 Å². The molecule has 3 aromatic rings. The summed E-state index contributed by atoms with van der Waals surface area (Å²) in [4.78, 5) is 7.36. The fourth-order valence-corrected chi connectivity index (χ4v) is 4.17. The number of aryl methyl sites for hydroxylation is 1. The molecule has 1 aliphatic rings. The van der Waals surface area contributed by atoms with Gasteiger partial charge in [0.15, 0.2) is 0 Å². The van der Waals surface area contributed by atoms with Gasteiger partial charge in [-0.15, -0.1) is 0 Å². The molecular weight excluding hydrogens is 364 g/mol. The number of hydrogen-bond acceptors (Lipinski definition) is 5. The Hall–Kier alpha value is -2.63. The molecule has 0 aliphatic carbocycles. The van der Waals surface area contributed by atoms with Crippen LogP contribution in [0.1, 0.15) is 24.0 Å². The van der Waals surface area contributed by atoms with Crippen molar-refractivity contribution in [3.63, 3.8) is 0 Å². The van der Waals surface area contributed by atoms with Gasteiger partial charge in [0.2, 0.25) is 0 Å². The van der Waals surface area contributed by atoms with E-state index in [1.807, 2.05) is 12.1 Å². The lowest BCUT2D eigenvalue weighted by Crippen LogP contribution is -2.37. The van der Waals surface area contributed by atoms with Crippen molar-refractivity contribution < 1.29 is 14.6 Å². The molecule has 2 heterocycles. The molecule has 0 saturated carbocycles. The highest BCUT2D eigenvalue weighted by Gasteiger charge is 2.21. The van der Waals surface area contributed by atoms with Crippen molar-refractivity contribution in [1.82, 2.24) is 9.88 Å². The van der Waals surface area contributed by atoms with E-state index in [0.717, 1.165) is 65.2 Å². The lowest BCUT2D eigenvalue weighted by Gasteiger charge is -2.30. The van der Waals surface area contributed by atoms with Crippen molar-refractivity contribution >= 4 is 10.9 Å². The summed E-state index contributed by atoms with van der Waals surface area (Å²) in [6.45, 7) is 4.51. The van der Waals surface area contributed by atoms with E-state index in [1.165, 1.54) is 5.56 Å². The van der Waals surface area contributed by atoms with E-state index in [0.29, 0.717) is 6.54 Å². The number of aromatic nitrogens is 1. The average molecular weight is 392 g/mol. The molecule has 5 nitrogen and oxygen atoms in total. The molecule has 1 atom stereocenters. The molecule has 1 saturated heterocycles. The first-order valence-corrected chi connectivity index (χ1v) is 10.1. The Morgan fingerprint density at radius 3 is 2.62 bits per heavy atom. The topological polar surface area (TPSA) is 54.8 Å². The number of hydrogen-bond donors (Lipinski definition) is 1. The third kappa shape index (κ3) is 4.07. The van der Waals surface area contributed by atoms with E-state index >= 15 is 0 Å². The third-order valence-corrected chi connectivity index (χ3v) is 5.59. The maximum atomic E-state index is 10.1. The SMILES string of the molecule is COc1ccc(OC)c2nc(-c3cccc(C)c3)c(CN3CCC[C@@H](O)C3)cc12. The van der Waals surface area contributed by atoms with Gasteiger partial charge in [-0.3, -0.25) is 4.90 Å². The third-order valence-electron chi connectivity index (χ3n) is 5.59. The number of aliphatic hydroxyl groups excluding tert-OH is 1. The lowest BCUT2D eigenvalue weighted by molar-refractivity contribution is 0.0669. The molecule has 1 aliphatic heterocycles. The number of pyridine rings is 1. The summed E-state index contributed by atoms with van der Waals surface area (Å²) < 4.78 is 11.2. The molecular formula is C24H28N2O3. The van der Waals surface area contributed by atoms with E-state index in [2.05, 4.69) is 42.2 Å². The highest BCUT2D eigenvalue weighted by atomic mass is 16.5. The van der Waals surface area contributed by atoms with Gasteiger partial charge in [-0.1, -0.05) is 23.8 Å². The zero-order valence-corrected chi connectivity index (χ0v) is 17.3. The van der Waals surface area contributed by atoms with Gasteiger partial charge < -0.3 is 14.6 Å². The maximum absolute atomic E-state index is 10.1. The van der Waals surface area contributed by atoms with Crippen LogP contribution in [0.4, 0.5) is 0 Å². The predicted octanol–water partition coefficient (Wildman–Crippen LogP) is 4.18. The normalized spacial score (nSPS) is 17.4. The van der Waals surface area contributed by atoms with Crippen LogP contribution < -0.4 is 9.47 Å². The fraction of sp³-hybridized carbons (Fsp3) is 0.375. The van der Waals surface area contributed by atoms with Gasteiger partial charge in [0.1, 0.15) is 17.0 Å². The monoisotopic (exact) mass is 392 g/mol. The fourth-order valence-electron chi connectivity index (χ4n) is 4.17. The van der Waals surface area contributed by atoms with Gasteiger partial charge in [0.25, 0.3) is 0 Å². The summed E-state index contributed by atoms with van der Waals surface area (Å²) in [5.41, 5.74) is 5.16. The van der Waals surface area contributed by atoms with Gasteiger partial charge in [0, 0.05) is 24.0 Å². The smallest absolute Gasteiger partial charge is 0.145 e. The number of aliphatic hydroxyl groups is 1. The molecule has 29 heavy (non-hydrogen) atoms. The number of piperidine rings is 1. The van der Waals surface area contributed by atoms with E-state index in [-0.39, 0.29) is 6.10 Å². The number of benzene rings is 2. The standard InChI is InChI=1S/C24H28N2O3/c1-16-6-4-7-17(12-16)23-18(14-26-11-5-8-19(27)15-26)13-20-21(28-2)9-10-22(29-3)24(20)25-23/h4,6-7,9-10,12-13,19,27H,5,8,11,14-15H2,1-3H3/t19-/m1/s1. The number of likely N-dealkylation sites (tertiary alicyclic amines) is 1. The van der Waals surface area contributed by atoms with Crippen LogP contribution in [0.25, 0.3) is 22.2 Å². The maximum Gasteiger partial charge on any atom is 0.145 e. The van der Waals surface area contributed by atoms with E-state index in [9.17, 15) is 5.11 Å². The first-order chi connectivity index (χ1) is 14.1. The number of β-amino-alcohol motifs (C(OH)–C–C–N with tert-alkyl or cyclic N) is 1. The summed E-state index contributed by atoms with van der Waals surface area (Å²) in [6, 6.07) is 14.4. The zero-order chi connectivity index (χ0) is 20.4. The van der Waals surface area contributed by atoms with E-state index < -0.39 is 0 Å². The van der Waals surface area contributed by atoms with Gasteiger partial charge in [-0.2, -0.15) is 0 Å². The molecule has 4 rings (SSSR count). The second-order valence-electron chi connectivity index (χ2n) is 7.76. The van der Waals surface area contributed by atoms with Crippen molar-refractivity contribution in [2.24, 2.45) is 0 Å². The summed E-state index contributed by atoms with van der Waals surface area (Å²) in [6.07, 6.45) is 1.63. The Morgan fingerprint density at radius 1 is 1.10 bits per heavy atom. The molecule has 1 aromatic heterocycles. The number of rotatable bonds is 5. The van der Waals surface area contributed by atoms with Gasteiger partial charge in [0.05, 0.1) is 26.0 Å². The minimum absolute atomic E-state index is 0.255. The minimum Gasteiger partial charge on any atom is -0.496 e. The Kier molecular flexibility index (Phi) is 5.69. The summed E-state index contributed by atoms with van der Waals surface area (Å²) in [7, 11) is 3.34. The molecule has 0 unspecified atom stereocenters. The van der Waals surface area contributed by atoms with Crippen molar-refractivity contribution in [1.29, 1.82) is 0 Å². The Morgan fingerprint density at radius 2 is 1.90 bits per heavy atom. The van der Waals surface area contributed by atoms with Crippen molar-refractivity contribution in [2.45, 2.75) is 32.4 Å². The van der Waals surface area contributed by atoms with Gasteiger partial charge >= 0.3 is 0 Å². The van der Waals surface area contributed by atoms with Crippen LogP contribution in [-0.2, 0) is 6.54 Å². The summed E-state index contributed by atoms with van der Waals surface area (Å²) in [5, 5.41) is 11.0.